The molecule has 2 heterocycles. The third-order valence-corrected chi connectivity index (χ3v) is 1.84. The molecule has 0 amide bonds. The van der Waals surface area contributed by atoms with E-state index in [4.69, 9.17) is 4.74 Å². The predicted octanol–water partition coefficient (Wildman–Crippen LogP) is 0.579. The van der Waals surface area contributed by atoms with Crippen molar-refractivity contribution >= 4 is 5.95 Å². The van der Waals surface area contributed by atoms with E-state index in [1.165, 1.54) is 24.3 Å². The molecule has 0 aliphatic heterocycles. The first-order valence-electron chi connectivity index (χ1n) is 4.27. The van der Waals surface area contributed by atoms with Gasteiger partial charge in [0.15, 0.2) is 0 Å². The minimum atomic E-state index is -0.658. The first-order valence-corrected chi connectivity index (χ1v) is 4.27. The first-order chi connectivity index (χ1) is 7.70. The van der Waals surface area contributed by atoms with Crippen molar-refractivity contribution < 1.29 is 9.66 Å². The molecule has 8 heteroatoms. The normalized spacial score (nSPS) is 10.1. The number of nitro groups is 1. The van der Waals surface area contributed by atoms with E-state index in [1.54, 1.807) is 12.1 Å². The van der Waals surface area contributed by atoms with Crippen LogP contribution < -0.4 is 4.74 Å². The molecule has 0 bridgehead atoms. The summed E-state index contributed by atoms with van der Waals surface area (Å²) < 4.78 is 6.20. The number of hydrogen-bond acceptors (Lipinski definition) is 6. The van der Waals surface area contributed by atoms with Crippen molar-refractivity contribution in [3.05, 3.63) is 34.8 Å². The lowest BCUT2D eigenvalue weighted by Gasteiger charge is -1.99. The third kappa shape index (κ3) is 1.80. The molecule has 16 heavy (non-hydrogen) atoms. The molecule has 0 aliphatic rings. The van der Waals surface area contributed by atoms with Crippen LogP contribution in [0.1, 0.15) is 0 Å². The van der Waals surface area contributed by atoms with Crippen LogP contribution in [0.15, 0.2) is 24.7 Å². The van der Waals surface area contributed by atoms with Gasteiger partial charge in [0, 0.05) is 17.4 Å². The summed E-state index contributed by atoms with van der Waals surface area (Å²) >= 11 is 0. The fourth-order valence-corrected chi connectivity index (χ4v) is 1.12. The highest BCUT2D eigenvalue weighted by atomic mass is 16.6. The lowest BCUT2D eigenvalue weighted by atomic mass is 10.4. The zero-order chi connectivity index (χ0) is 11.5. The average molecular weight is 221 g/mol. The largest absolute Gasteiger partial charge is 0.491 e. The third-order valence-electron chi connectivity index (χ3n) is 1.84. The van der Waals surface area contributed by atoms with Gasteiger partial charge < -0.3 is 14.9 Å². The van der Waals surface area contributed by atoms with Gasteiger partial charge in [-0.25, -0.2) is 4.98 Å². The van der Waals surface area contributed by atoms with E-state index in [9.17, 15) is 10.1 Å². The minimum Gasteiger partial charge on any atom is -0.481 e. The van der Waals surface area contributed by atoms with Crippen molar-refractivity contribution in [2.24, 2.45) is 0 Å². The number of rotatable bonds is 3. The van der Waals surface area contributed by atoms with Crippen LogP contribution in [-0.4, -0.2) is 31.8 Å². The monoisotopic (exact) mass is 221 g/mol. The summed E-state index contributed by atoms with van der Waals surface area (Å²) in [5.41, 5.74) is 0.590. The lowest BCUT2D eigenvalue weighted by molar-refractivity contribution is -0.394. The summed E-state index contributed by atoms with van der Waals surface area (Å²) in [7, 11) is 1.48. The zero-order valence-corrected chi connectivity index (χ0v) is 8.27. The maximum absolute atomic E-state index is 10.4. The standard InChI is InChI=1S/C8H7N5O3/c1-16-7-4-6(2-3-9-7)12-5-10-8(11-12)13(14)15/h2-5H,1H3. The molecule has 2 aromatic heterocycles. The van der Waals surface area contributed by atoms with Gasteiger partial charge in [-0.2, -0.15) is 0 Å². The maximum atomic E-state index is 10.4. The van der Waals surface area contributed by atoms with Crippen molar-refractivity contribution in [3.8, 4) is 11.6 Å². The second-order valence-corrected chi connectivity index (χ2v) is 2.80. The molecule has 2 aromatic rings. The van der Waals surface area contributed by atoms with Crippen molar-refractivity contribution in [2.45, 2.75) is 0 Å². The second kappa shape index (κ2) is 3.93. The predicted molar refractivity (Wildman–Crippen MR) is 52.4 cm³/mol. The zero-order valence-electron chi connectivity index (χ0n) is 8.27. The Hall–Kier alpha value is -2.51. The number of methoxy groups -OCH3 is 1. The summed E-state index contributed by atoms with van der Waals surface area (Å²) in [5.74, 6) is -0.0496. The maximum Gasteiger partial charge on any atom is 0.491 e. The average Bonchev–Trinajstić information content (AvgIpc) is 2.78. The number of ether oxygens (including phenoxy) is 1. The highest BCUT2D eigenvalue weighted by Gasteiger charge is 2.14. The molecule has 0 unspecified atom stereocenters. The number of nitrogens with zero attached hydrogens (tertiary/aromatic N) is 5. The van der Waals surface area contributed by atoms with Gasteiger partial charge in [-0.15, -0.1) is 4.68 Å². The molecule has 0 aromatic carbocycles. The van der Waals surface area contributed by atoms with Gasteiger partial charge in [0.25, 0.3) is 0 Å². The van der Waals surface area contributed by atoms with Crippen LogP contribution >= 0.6 is 0 Å². The van der Waals surface area contributed by atoms with E-state index >= 15 is 0 Å². The summed E-state index contributed by atoms with van der Waals surface area (Å²) in [4.78, 5) is 17.2. The minimum absolute atomic E-state index is 0.399. The van der Waals surface area contributed by atoms with Crippen LogP contribution in [0.5, 0.6) is 5.88 Å². The first kappa shape index (κ1) is 10.0. The second-order valence-electron chi connectivity index (χ2n) is 2.80. The molecule has 0 atom stereocenters. The van der Waals surface area contributed by atoms with Crippen LogP contribution in [0.25, 0.3) is 5.69 Å². The molecular formula is C8H7N5O3. The van der Waals surface area contributed by atoms with E-state index < -0.39 is 10.9 Å². The number of pyridine rings is 1. The summed E-state index contributed by atoms with van der Waals surface area (Å²) in [5, 5.41) is 14.1. The van der Waals surface area contributed by atoms with Crippen molar-refractivity contribution in [1.29, 1.82) is 0 Å². The Bertz CT molecular complexity index is 524. The van der Waals surface area contributed by atoms with E-state index in [1.807, 2.05) is 0 Å². The fourth-order valence-electron chi connectivity index (χ4n) is 1.12. The highest BCUT2D eigenvalue weighted by Crippen LogP contribution is 2.13. The van der Waals surface area contributed by atoms with E-state index in [0.717, 1.165) is 0 Å². The van der Waals surface area contributed by atoms with Gasteiger partial charge in [-0.05, 0) is 11.0 Å². The molecule has 0 fully saturated rings. The van der Waals surface area contributed by atoms with Crippen LogP contribution in [-0.2, 0) is 0 Å². The summed E-state index contributed by atoms with van der Waals surface area (Å²) in [6, 6.07) is 3.24. The molecule has 0 aliphatic carbocycles. The molecule has 0 radical (unpaired) electrons. The Morgan fingerprint density at radius 2 is 2.31 bits per heavy atom. The van der Waals surface area contributed by atoms with Gasteiger partial charge in [0.2, 0.25) is 12.2 Å². The Labute approximate surface area is 89.7 Å². The molecule has 0 spiro atoms. The molecule has 0 saturated carbocycles. The number of hydrogen-bond donors (Lipinski definition) is 0. The smallest absolute Gasteiger partial charge is 0.481 e. The molecule has 0 N–H and O–H groups in total. The van der Waals surface area contributed by atoms with Crippen LogP contribution in [0.2, 0.25) is 0 Å². The SMILES string of the molecule is COc1cc(-n2cnc([N+](=O)[O-])n2)ccn1. The van der Waals surface area contributed by atoms with Crippen molar-refractivity contribution in [1.82, 2.24) is 19.7 Å². The van der Waals surface area contributed by atoms with E-state index in [-0.39, 0.29) is 0 Å². The molecule has 0 saturated heterocycles. The fraction of sp³-hybridized carbons (Fsp3) is 0.125. The molecule has 8 nitrogen and oxygen atoms in total. The van der Waals surface area contributed by atoms with Crippen molar-refractivity contribution in [3.63, 3.8) is 0 Å². The van der Waals surface area contributed by atoms with Gasteiger partial charge >= 0.3 is 5.95 Å². The molecule has 2 rings (SSSR count). The lowest BCUT2D eigenvalue weighted by Crippen LogP contribution is -1.98. The topological polar surface area (TPSA) is 96.0 Å². The Kier molecular flexibility index (Phi) is 2.46. The quantitative estimate of drug-likeness (QED) is 0.555. The van der Waals surface area contributed by atoms with Gasteiger partial charge in [-0.3, -0.25) is 0 Å². The van der Waals surface area contributed by atoms with Crippen LogP contribution in [0.4, 0.5) is 5.95 Å². The molecular weight excluding hydrogens is 214 g/mol. The summed E-state index contributed by atoms with van der Waals surface area (Å²) in [6.07, 6.45) is 2.77. The molecule has 82 valence electrons. The Balaban J connectivity index is 2.38. The van der Waals surface area contributed by atoms with Gasteiger partial charge in [0.05, 0.1) is 12.8 Å². The Morgan fingerprint density at radius 1 is 1.50 bits per heavy atom. The number of aromatic nitrogens is 4. The van der Waals surface area contributed by atoms with Crippen LogP contribution in [0.3, 0.4) is 0 Å². The van der Waals surface area contributed by atoms with Crippen molar-refractivity contribution in [2.75, 3.05) is 7.11 Å². The highest BCUT2D eigenvalue weighted by molar-refractivity contribution is 5.33. The van der Waals surface area contributed by atoms with Gasteiger partial charge in [-0.1, -0.05) is 4.98 Å². The van der Waals surface area contributed by atoms with E-state index in [0.29, 0.717) is 11.6 Å². The Morgan fingerprint density at radius 3 is 2.94 bits per heavy atom. The van der Waals surface area contributed by atoms with E-state index in [2.05, 4.69) is 15.1 Å². The van der Waals surface area contributed by atoms with Crippen LogP contribution in [0, 0.1) is 10.1 Å². The summed E-state index contributed by atoms with van der Waals surface area (Å²) in [6.45, 7) is 0. The van der Waals surface area contributed by atoms with Gasteiger partial charge in [0.1, 0.15) is 0 Å².